The van der Waals surface area contributed by atoms with Gasteiger partial charge < -0.3 is 14.5 Å². The van der Waals surface area contributed by atoms with Crippen LogP contribution >= 0.6 is 0 Å². The van der Waals surface area contributed by atoms with Gasteiger partial charge in [0.05, 0.1) is 18.1 Å². The van der Waals surface area contributed by atoms with E-state index in [4.69, 9.17) is 9.47 Å². The lowest BCUT2D eigenvalue weighted by Crippen LogP contribution is -2.26. The molecule has 3 aromatic rings. The number of ether oxygens (including phenoxy) is 2. The highest BCUT2D eigenvalue weighted by atomic mass is 32.2. The average molecular weight is 390 g/mol. The van der Waals surface area contributed by atoms with Crippen LogP contribution in [0.25, 0.3) is 10.9 Å². The summed E-state index contributed by atoms with van der Waals surface area (Å²) in [6.45, 7) is 1.23. The first-order valence-electron chi connectivity index (χ1n) is 8.68. The van der Waals surface area contributed by atoms with Gasteiger partial charge in [0.25, 0.3) is 0 Å². The molecule has 142 valence electrons. The number of benzene rings is 2. The zero-order chi connectivity index (χ0) is 18.9. The zero-order valence-corrected chi connectivity index (χ0v) is 15.3. The summed E-state index contributed by atoms with van der Waals surface area (Å²) in [6, 6.07) is 9.07. The van der Waals surface area contributed by atoms with Crippen LogP contribution in [0.5, 0.6) is 11.5 Å². The van der Waals surface area contributed by atoms with Crippen molar-refractivity contribution >= 4 is 20.9 Å². The molecule has 0 bridgehead atoms. The highest BCUT2D eigenvalue weighted by molar-refractivity contribution is 7.89. The Kier molecular flexibility index (Phi) is 4.75. The molecule has 0 spiro atoms. The Hall–Kier alpha value is -2.58. The van der Waals surface area contributed by atoms with E-state index in [1.54, 1.807) is 18.3 Å². The van der Waals surface area contributed by atoms with Crippen molar-refractivity contribution in [1.29, 1.82) is 0 Å². The van der Waals surface area contributed by atoms with Crippen molar-refractivity contribution in [2.45, 2.75) is 17.7 Å². The van der Waals surface area contributed by atoms with Crippen LogP contribution in [0.15, 0.2) is 47.5 Å². The lowest BCUT2D eigenvalue weighted by Gasteiger charge is -2.11. The van der Waals surface area contributed by atoms with Gasteiger partial charge in [-0.2, -0.15) is 0 Å². The fourth-order valence-electron chi connectivity index (χ4n) is 3.07. The monoisotopic (exact) mass is 390 g/mol. The molecule has 0 unspecified atom stereocenters. The van der Waals surface area contributed by atoms with E-state index in [-0.39, 0.29) is 17.3 Å². The first-order chi connectivity index (χ1) is 13.0. The van der Waals surface area contributed by atoms with Crippen LogP contribution in [0, 0.1) is 5.82 Å². The standard InChI is InChI=1S/C19H19FN2O4S/c20-14-2-4-17-16(10-14)13(12-21-17)6-7-22-27(23,24)15-3-5-18-19(11-15)26-9-1-8-25-18/h2-5,10-12,21-22H,1,6-9H2. The van der Waals surface area contributed by atoms with E-state index >= 15 is 0 Å². The molecule has 0 fully saturated rings. The molecule has 8 heteroatoms. The summed E-state index contributed by atoms with van der Waals surface area (Å²) in [7, 11) is -3.69. The molecule has 1 aromatic heterocycles. The maximum absolute atomic E-state index is 13.4. The fraction of sp³-hybridized carbons (Fsp3) is 0.263. The third kappa shape index (κ3) is 3.77. The first kappa shape index (κ1) is 17.8. The van der Waals surface area contributed by atoms with Gasteiger partial charge in [0.1, 0.15) is 5.82 Å². The van der Waals surface area contributed by atoms with Crippen molar-refractivity contribution in [2.24, 2.45) is 0 Å². The largest absolute Gasteiger partial charge is 0.490 e. The Labute approximate surface area is 156 Å². The number of halogens is 1. The minimum atomic E-state index is -3.69. The summed E-state index contributed by atoms with van der Waals surface area (Å²) in [5, 5.41) is 0.754. The minimum Gasteiger partial charge on any atom is -0.490 e. The minimum absolute atomic E-state index is 0.122. The van der Waals surface area contributed by atoms with Crippen molar-refractivity contribution < 1.29 is 22.3 Å². The van der Waals surface area contributed by atoms with Gasteiger partial charge in [-0.1, -0.05) is 0 Å². The number of hydrogen-bond acceptors (Lipinski definition) is 4. The molecule has 0 saturated heterocycles. The van der Waals surface area contributed by atoms with Crippen LogP contribution in [-0.2, 0) is 16.4 Å². The van der Waals surface area contributed by atoms with Crippen molar-refractivity contribution in [3.8, 4) is 11.5 Å². The predicted octanol–water partition coefficient (Wildman–Crippen LogP) is 2.99. The lowest BCUT2D eigenvalue weighted by atomic mass is 10.1. The van der Waals surface area contributed by atoms with Gasteiger partial charge in [0.2, 0.25) is 10.0 Å². The van der Waals surface area contributed by atoms with E-state index in [1.165, 1.54) is 24.3 Å². The Morgan fingerprint density at radius 1 is 1.07 bits per heavy atom. The van der Waals surface area contributed by atoms with Crippen molar-refractivity contribution in [3.63, 3.8) is 0 Å². The number of fused-ring (bicyclic) bond motifs is 2. The summed E-state index contributed by atoms with van der Waals surface area (Å²) >= 11 is 0. The topological polar surface area (TPSA) is 80.4 Å². The van der Waals surface area contributed by atoms with Crippen LogP contribution in [0.4, 0.5) is 4.39 Å². The average Bonchev–Trinajstić information content (AvgIpc) is 2.88. The number of rotatable bonds is 5. The molecular weight excluding hydrogens is 371 g/mol. The van der Waals surface area contributed by atoms with Crippen molar-refractivity contribution in [1.82, 2.24) is 9.71 Å². The maximum atomic E-state index is 13.4. The van der Waals surface area contributed by atoms with Gasteiger partial charge in [-0.15, -0.1) is 0 Å². The smallest absolute Gasteiger partial charge is 0.240 e. The second kappa shape index (κ2) is 7.21. The van der Waals surface area contributed by atoms with E-state index in [1.807, 2.05) is 0 Å². The van der Waals surface area contributed by atoms with E-state index in [0.29, 0.717) is 31.1 Å². The predicted molar refractivity (Wildman–Crippen MR) is 99.2 cm³/mol. The maximum Gasteiger partial charge on any atom is 0.240 e. The molecule has 2 aromatic carbocycles. The molecular formula is C19H19FN2O4S. The lowest BCUT2D eigenvalue weighted by molar-refractivity contribution is 0.297. The van der Waals surface area contributed by atoms with Gasteiger partial charge in [-0.3, -0.25) is 0 Å². The second-order valence-electron chi connectivity index (χ2n) is 6.31. The molecule has 27 heavy (non-hydrogen) atoms. The van der Waals surface area contributed by atoms with Crippen LogP contribution in [0.3, 0.4) is 0 Å². The van der Waals surface area contributed by atoms with Gasteiger partial charge in [0, 0.05) is 36.1 Å². The molecule has 2 heterocycles. The Bertz CT molecular complexity index is 1080. The number of sulfonamides is 1. The first-order valence-corrected chi connectivity index (χ1v) is 10.2. The van der Waals surface area contributed by atoms with Gasteiger partial charge in [0.15, 0.2) is 11.5 Å². The molecule has 0 radical (unpaired) electrons. The molecule has 0 aliphatic carbocycles. The van der Waals surface area contributed by atoms with Crippen molar-refractivity contribution in [3.05, 3.63) is 54.0 Å². The second-order valence-corrected chi connectivity index (χ2v) is 8.08. The molecule has 6 nitrogen and oxygen atoms in total. The van der Waals surface area contributed by atoms with Crippen LogP contribution in [0.2, 0.25) is 0 Å². The molecule has 0 saturated carbocycles. The molecule has 4 rings (SSSR count). The number of aromatic nitrogens is 1. The Balaban J connectivity index is 1.47. The number of hydrogen-bond donors (Lipinski definition) is 2. The van der Waals surface area contributed by atoms with E-state index in [9.17, 15) is 12.8 Å². The molecule has 0 amide bonds. The summed E-state index contributed by atoms with van der Waals surface area (Å²) in [6.07, 6.45) is 2.96. The molecule has 1 aliphatic heterocycles. The van der Waals surface area contributed by atoms with Gasteiger partial charge in [-0.05, 0) is 42.3 Å². The molecule has 2 N–H and O–H groups in total. The summed E-state index contributed by atoms with van der Waals surface area (Å²) in [4.78, 5) is 3.18. The van der Waals surface area contributed by atoms with Gasteiger partial charge in [-0.25, -0.2) is 17.5 Å². The summed E-state index contributed by atoms with van der Waals surface area (Å²) in [5.41, 5.74) is 1.67. The normalized spacial score (nSPS) is 14.3. The highest BCUT2D eigenvalue weighted by Gasteiger charge is 2.18. The van der Waals surface area contributed by atoms with Gasteiger partial charge >= 0.3 is 0 Å². The Morgan fingerprint density at radius 2 is 1.89 bits per heavy atom. The number of aromatic amines is 1. The third-order valence-corrected chi connectivity index (χ3v) is 5.90. The third-order valence-electron chi connectivity index (χ3n) is 4.45. The van der Waals surface area contributed by atoms with Crippen molar-refractivity contribution in [2.75, 3.05) is 19.8 Å². The van der Waals surface area contributed by atoms with Crippen LogP contribution in [-0.4, -0.2) is 33.2 Å². The number of H-pyrrole nitrogens is 1. The highest BCUT2D eigenvalue weighted by Crippen LogP contribution is 2.31. The fourth-order valence-corrected chi connectivity index (χ4v) is 4.12. The Morgan fingerprint density at radius 3 is 2.74 bits per heavy atom. The van der Waals surface area contributed by atoms with E-state index in [0.717, 1.165) is 22.9 Å². The quantitative estimate of drug-likeness (QED) is 0.702. The molecule has 1 aliphatic rings. The SMILES string of the molecule is O=S(=O)(NCCc1c[nH]c2ccc(F)cc12)c1ccc2c(c1)OCCCO2. The van der Waals surface area contributed by atoms with E-state index in [2.05, 4.69) is 9.71 Å². The van der Waals surface area contributed by atoms with Crippen LogP contribution in [0.1, 0.15) is 12.0 Å². The summed E-state index contributed by atoms with van der Waals surface area (Å²) in [5.74, 6) is 0.658. The van der Waals surface area contributed by atoms with Crippen LogP contribution < -0.4 is 14.2 Å². The zero-order valence-electron chi connectivity index (χ0n) is 14.5. The summed E-state index contributed by atoms with van der Waals surface area (Å²) < 4.78 is 52.3. The molecule has 0 atom stereocenters. The van der Waals surface area contributed by atoms with E-state index < -0.39 is 10.0 Å². The number of nitrogens with one attached hydrogen (secondary N) is 2.